The standard InChI is InChI=1S/C16H26FN3O/c1-3-6-13(2)19-16(21)12-20(10-5-9-18)15-8-4-7-14(17)11-15/h4,7-8,11,13H,3,5-6,9-10,12,18H2,1-2H3,(H,19,21). The number of benzene rings is 1. The van der Waals surface area contributed by atoms with Gasteiger partial charge in [-0.1, -0.05) is 19.4 Å². The van der Waals surface area contributed by atoms with E-state index >= 15 is 0 Å². The summed E-state index contributed by atoms with van der Waals surface area (Å²) in [7, 11) is 0. The summed E-state index contributed by atoms with van der Waals surface area (Å²) < 4.78 is 13.3. The van der Waals surface area contributed by atoms with Crippen LogP contribution in [-0.4, -0.2) is 31.6 Å². The van der Waals surface area contributed by atoms with E-state index in [1.807, 2.05) is 17.9 Å². The second-order valence-corrected chi connectivity index (χ2v) is 5.30. The summed E-state index contributed by atoms with van der Waals surface area (Å²) in [5.41, 5.74) is 6.24. The third-order valence-corrected chi connectivity index (χ3v) is 3.27. The van der Waals surface area contributed by atoms with Crippen LogP contribution in [0.5, 0.6) is 0 Å². The van der Waals surface area contributed by atoms with Gasteiger partial charge in [0.15, 0.2) is 0 Å². The number of nitrogens with zero attached hydrogens (tertiary/aromatic N) is 1. The molecule has 1 amide bonds. The molecule has 1 aromatic carbocycles. The van der Waals surface area contributed by atoms with Crippen LogP contribution in [0.4, 0.5) is 10.1 Å². The van der Waals surface area contributed by atoms with Crippen LogP contribution in [0.1, 0.15) is 33.1 Å². The molecule has 0 fully saturated rings. The summed E-state index contributed by atoms with van der Waals surface area (Å²) in [6.45, 7) is 5.48. The van der Waals surface area contributed by atoms with Gasteiger partial charge >= 0.3 is 0 Å². The van der Waals surface area contributed by atoms with Crippen LogP contribution >= 0.6 is 0 Å². The first-order chi connectivity index (χ1) is 10.1. The van der Waals surface area contributed by atoms with Crippen molar-refractivity contribution in [2.45, 2.75) is 39.2 Å². The Morgan fingerprint density at radius 3 is 2.86 bits per heavy atom. The number of amides is 1. The predicted octanol–water partition coefficient (Wildman–Crippen LogP) is 2.29. The maximum absolute atomic E-state index is 13.3. The number of rotatable bonds is 9. The van der Waals surface area contributed by atoms with Gasteiger partial charge in [-0.25, -0.2) is 4.39 Å². The van der Waals surface area contributed by atoms with Gasteiger partial charge in [0, 0.05) is 18.3 Å². The lowest BCUT2D eigenvalue weighted by Crippen LogP contribution is -2.41. The SMILES string of the molecule is CCCC(C)NC(=O)CN(CCCN)c1cccc(F)c1. The zero-order valence-electron chi connectivity index (χ0n) is 12.9. The number of anilines is 1. The number of nitrogens with one attached hydrogen (secondary N) is 1. The first-order valence-electron chi connectivity index (χ1n) is 7.56. The Bertz CT molecular complexity index is 439. The normalized spacial score (nSPS) is 12.0. The van der Waals surface area contributed by atoms with Crippen LogP contribution in [0.25, 0.3) is 0 Å². The van der Waals surface area contributed by atoms with E-state index < -0.39 is 0 Å². The number of carbonyl (C=O) groups is 1. The largest absolute Gasteiger partial charge is 0.362 e. The number of halogens is 1. The van der Waals surface area contributed by atoms with Gasteiger partial charge in [-0.05, 0) is 44.5 Å². The van der Waals surface area contributed by atoms with E-state index in [-0.39, 0.29) is 24.3 Å². The van der Waals surface area contributed by atoms with Crippen molar-refractivity contribution in [2.24, 2.45) is 5.73 Å². The molecule has 5 heteroatoms. The summed E-state index contributed by atoms with van der Waals surface area (Å²) in [6, 6.07) is 6.46. The summed E-state index contributed by atoms with van der Waals surface area (Å²) in [5.74, 6) is -0.345. The lowest BCUT2D eigenvalue weighted by Gasteiger charge is -2.25. The molecule has 1 unspecified atom stereocenters. The van der Waals surface area contributed by atoms with Crippen molar-refractivity contribution in [3.63, 3.8) is 0 Å². The molecular formula is C16H26FN3O. The highest BCUT2D eigenvalue weighted by atomic mass is 19.1. The van der Waals surface area contributed by atoms with Gasteiger partial charge in [0.05, 0.1) is 6.54 Å². The minimum absolute atomic E-state index is 0.0442. The molecule has 0 aliphatic carbocycles. The topological polar surface area (TPSA) is 58.4 Å². The second kappa shape index (κ2) is 9.34. The highest BCUT2D eigenvalue weighted by Gasteiger charge is 2.13. The maximum atomic E-state index is 13.3. The fourth-order valence-electron chi connectivity index (χ4n) is 2.25. The summed E-state index contributed by atoms with van der Waals surface area (Å²) in [5, 5.41) is 2.97. The van der Waals surface area contributed by atoms with Gasteiger partial charge < -0.3 is 16.0 Å². The number of hydrogen-bond acceptors (Lipinski definition) is 3. The van der Waals surface area contributed by atoms with Crippen molar-refractivity contribution in [3.8, 4) is 0 Å². The first-order valence-corrected chi connectivity index (χ1v) is 7.56. The monoisotopic (exact) mass is 295 g/mol. The zero-order valence-corrected chi connectivity index (χ0v) is 12.9. The van der Waals surface area contributed by atoms with E-state index in [2.05, 4.69) is 12.2 Å². The van der Waals surface area contributed by atoms with E-state index in [9.17, 15) is 9.18 Å². The number of carbonyl (C=O) groups excluding carboxylic acids is 1. The number of hydrogen-bond donors (Lipinski definition) is 2. The van der Waals surface area contributed by atoms with E-state index in [0.717, 1.165) is 19.3 Å². The van der Waals surface area contributed by atoms with E-state index in [4.69, 9.17) is 5.73 Å². The average molecular weight is 295 g/mol. The van der Waals surface area contributed by atoms with Gasteiger partial charge in [-0.3, -0.25) is 4.79 Å². The Kier molecular flexibility index (Phi) is 7.75. The van der Waals surface area contributed by atoms with Gasteiger partial charge in [0.2, 0.25) is 5.91 Å². The average Bonchev–Trinajstić information content (AvgIpc) is 2.43. The Labute approximate surface area is 126 Å². The van der Waals surface area contributed by atoms with Gasteiger partial charge in [0.1, 0.15) is 5.82 Å². The van der Waals surface area contributed by atoms with Crippen molar-refractivity contribution in [2.75, 3.05) is 24.5 Å². The Hall–Kier alpha value is -1.62. The molecule has 1 atom stereocenters. The summed E-state index contributed by atoms with van der Waals surface area (Å²) in [6.07, 6.45) is 2.74. The summed E-state index contributed by atoms with van der Waals surface area (Å²) in [4.78, 5) is 13.9. The molecule has 0 radical (unpaired) electrons. The van der Waals surface area contributed by atoms with Crippen LogP contribution < -0.4 is 16.0 Å². The molecule has 0 saturated carbocycles. The third-order valence-electron chi connectivity index (χ3n) is 3.27. The molecule has 4 nitrogen and oxygen atoms in total. The Morgan fingerprint density at radius 2 is 2.24 bits per heavy atom. The quantitative estimate of drug-likeness (QED) is 0.735. The second-order valence-electron chi connectivity index (χ2n) is 5.30. The molecule has 1 aromatic rings. The van der Waals surface area contributed by atoms with Crippen molar-refractivity contribution >= 4 is 11.6 Å². The van der Waals surface area contributed by atoms with Crippen molar-refractivity contribution < 1.29 is 9.18 Å². The van der Waals surface area contributed by atoms with E-state index in [1.165, 1.54) is 12.1 Å². The molecule has 118 valence electrons. The predicted molar refractivity (Wildman–Crippen MR) is 84.8 cm³/mol. The smallest absolute Gasteiger partial charge is 0.239 e. The van der Waals surface area contributed by atoms with E-state index in [1.54, 1.807) is 6.07 Å². The molecule has 3 N–H and O–H groups in total. The molecule has 0 aliphatic rings. The van der Waals surface area contributed by atoms with E-state index in [0.29, 0.717) is 18.8 Å². The van der Waals surface area contributed by atoms with Crippen molar-refractivity contribution in [3.05, 3.63) is 30.1 Å². The van der Waals surface area contributed by atoms with Gasteiger partial charge in [-0.2, -0.15) is 0 Å². The first kappa shape index (κ1) is 17.4. The molecular weight excluding hydrogens is 269 g/mol. The molecule has 0 saturated heterocycles. The van der Waals surface area contributed by atoms with Crippen LogP contribution in [0, 0.1) is 5.82 Å². The summed E-state index contributed by atoms with van der Waals surface area (Å²) >= 11 is 0. The van der Waals surface area contributed by atoms with Crippen LogP contribution in [-0.2, 0) is 4.79 Å². The van der Waals surface area contributed by atoms with Crippen molar-refractivity contribution in [1.29, 1.82) is 0 Å². The molecule has 0 aromatic heterocycles. The molecule has 0 aliphatic heterocycles. The molecule has 1 rings (SSSR count). The van der Waals surface area contributed by atoms with Crippen LogP contribution in [0.3, 0.4) is 0 Å². The molecule has 0 spiro atoms. The lowest BCUT2D eigenvalue weighted by atomic mass is 10.2. The fraction of sp³-hybridized carbons (Fsp3) is 0.562. The molecule has 0 bridgehead atoms. The van der Waals surface area contributed by atoms with Crippen LogP contribution in [0.15, 0.2) is 24.3 Å². The minimum Gasteiger partial charge on any atom is -0.362 e. The van der Waals surface area contributed by atoms with Crippen LogP contribution in [0.2, 0.25) is 0 Å². The zero-order chi connectivity index (χ0) is 15.7. The van der Waals surface area contributed by atoms with Crippen molar-refractivity contribution in [1.82, 2.24) is 5.32 Å². The Balaban J connectivity index is 2.67. The number of nitrogens with two attached hydrogens (primary N) is 1. The minimum atomic E-state index is -0.301. The maximum Gasteiger partial charge on any atom is 0.239 e. The Morgan fingerprint density at radius 1 is 1.48 bits per heavy atom. The lowest BCUT2D eigenvalue weighted by molar-refractivity contribution is -0.120. The molecule has 21 heavy (non-hydrogen) atoms. The van der Waals surface area contributed by atoms with Gasteiger partial charge in [0.25, 0.3) is 0 Å². The van der Waals surface area contributed by atoms with Gasteiger partial charge in [-0.15, -0.1) is 0 Å². The molecule has 0 heterocycles. The highest BCUT2D eigenvalue weighted by molar-refractivity contribution is 5.81. The third kappa shape index (κ3) is 6.58. The highest BCUT2D eigenvalue weighted by Crippen LogP contribution is 2.15. The fourth-order valence-corrected chi connectivity index (χ4v) is 2.25.